The van der Waals surface area contributed by atoms with Crippen molar-refractivity contribution in [3.8, 4) is 0 Å². The minimum atomic E-state index is -0.0408. The molecule has 0 bridgehead atoms. The first-order valence-corrected chi connectivity index (χ1v) is 6.15. The van der Waals surface area contributed by atoms with Crippen LogP contribution in [0.4, 0.5) is 0 Å². The molecule has 0 saturated carbocycles. The molecule has 7 heavy (non-hydrogen) atoms. The third-order valence-corrected chi connectivity index (χ3v) is 3.58. The monoisotopic (exact) mass is 171 g/mol. The van der Waals surface area contributed by atoms with Gasteiger partial charge in [0.05, 0.1) is 0 Å². The second-order valence-electron chi connectivity index (χ2n) is 1.57. The summed E-state index contributed by atoms with van der Waals surface area (Å²) in [4.78, 5) is 0. The van der Waals surface area contributed by atoms with Gasteiger partial charge in [-0.05, 0) is 0 Å². The Bertz CT molecular complexity index is 116. The number of hydrogen-bond acceptors (Lipinski definition) is 0. The topological polar surface area (TPSA) is 0 Å². The Morgan fingerprint density at radius 1 is 1.86 bits per heavy atom. The fraction of sp³-hybridized carbons (Fsp3) is 0.333. The molecule has 1 aliphatic rings. The van der Waals surface area contributed by atoms with Crippen molar-refractivity contribution in [1.82, 2.24) is 0 Å². The van der Waals surface area contributed by atoms with Gasteiger partial charge in [-0.2, -0.15) is 0 Å². The van der Waals surface area contributed by atoms with E-state index in [1.807, 2.05) is 0 Å². The Kier molecular flexibility index (Phi) is 2.06. The summed E-state index contributed by atoms with van der Waals surface area (Å²) in [6.45, 7) is 0. The minimum absolute atomic E-state index is 0. The number of hydrogen-bond donors (Lipinski definition) is 0. The molecule has 0 aromatic heterocycles. The van der Waals surface area contributed by atoms with E-state index in [9.17, 15) is 0 Å². The van der Waals surface area contributed by atoms with E-state index in [2.05, 4.69) is 22.9 Å². The van der Waals surface area contributed by atoms with Crippen LogP contribution in [0.15, 0.2) is 21.5 Å². The molecule has 0 spiro atoms. The average Bonchev–Trinajstić information content (AvgIpc) is 2.14. The summed E-state index contributed by atoms with van der Waals surface area (Å²) in [6, 6.07) is 0. The Labute approximate surface area is 57.4 Å². The normalized spacial score (nSPS) is 17.0. The SMILES string of the molecule is [CH3][Zr][C]1=CC=CC1.[H-]. The van der Waals surface area contributed by atoms with Gasteiger partial charge in [0.1, 0.15) is 0 Å². The van der Waals surface area contributed by atoms with Crippen LogP contribution in [0, 0.1) is 0 Å². The van der Waals surface area contributed by atoms with E-state index >= 15 is 0 Å². The van der Waals surface area contributed by atoms with Crippen molar-refractivity contribution >= 4 is 0 Å². The molecule has 0 radical (unpaired) electrons. The molecular weight excluding hydrogens is 163 g/mol. The number of allylic oxidation sites excluding steroid dienone is 4. The third kappa shape index (κ3) is 1.38. The summed E-state index contributed by atoms with van der Waals surface area (Å²) in [5.41, 5.74) is 0. The fourth-order valence-corrected chi connectivity index (χ4v) is 2.07. The Balaban J connectivity index is 0.000000490. The Morgan fingerprint density at radius 3 is 3.00 bits per heavy atom. The first kappa shape index (κ1) is 5.50. The zero-order chi connectivity index (χ0) is 5.11. The van der Waals surface area contributed by atoms with Crippen LogP contribution < -0.4 is 0 Å². The van der Waals surface area contributed by atoms with Crippen molar-refractivity contribution in [2.75, 3.05) is 0 Å². The quantitative estimate of drug-likeness (QED) is 0.568. The van der Waals surface area contributed by atoms with E-state index < -0.39 is 0 Å². The Hall–Kier alpha value is 0.363. The maximum atomic E-state index is 2.36. The zero-order valence-corrected chi connectivity index (χ0v) is 6.90. The van der Waals surface area contributed by atoms with E-state index in [0.717, 1.165) is 0 Å². The van der Waals surface area contributed by atoms with Crippen LogP contribution in [-0.2, 0) is 23.2 Å². The Morgan fingerprint density at radius 2 is 2.71 bits per heavy atom. The van der Waals surface area contributed by atoms with Crippen LogP contribution in [-0.4, -0.2) is 0 Å². The molecule has 1 rings (SSSR count). The second kappa shape index (κ2) is 2.62. The molecule has 0 N–H and O–H groups in total. The van der Waals surface area contributed by atoms with Gasteiger partial charge in [-0.15, -0.1) is 0 Å². The maximum Gasteiger partial charge on any atom is -1.00 e. The molecule has 0 atom stereocenters. The third-order valence-electron chi connectivity index (χ3n) is 1.09. The van der Waals surface area contributed by atoms with Gasteiger partial charge >= 0.3 is 55.8 Å². The maximum absolute atomic E-state index is 2.36. The first-order chi connectivity index (χ1) is 3.43. The van der Waals surface area contributed by atoms with Crippen LogP contribution in [0.5, 0.6) is 0 Å². The van der Waals surface area contributed by atoms with Crippen LogP contribution in [0.25, 0.3) is 0 Å². The van der Waals surface area contributed by atoms with Crippen molar-refractivity contribution in [2.24, 2.45) is 0 Å². The van der Waals surface area contributed by atoms with E-state index in [1.165, 1.54) is 6.42 Å². The van der Waals surface area contributed by atoms with Crippen molar-refractivity contribution in [3.63, 3.8) is 0 Å². The van der Waals surface area contributed by atoms with Crippen molar-refractivity contribution in [3.05, 3.63) is 21.5 Å². The molecule has 38 valence electrons. The van der Waals surface area contributed by atoms with Gasteiger partial charge in [0.15, 0.2) is 0 Å². The summed E-state index contributed by atoms with van der Waals surface area (Å²) >= 11 is -0.0408. The van der Waals surface area contributed by atoms with Crippen molar-refractivity contribution in [1.29, 1.82) is 0 Å². The van der Waals surface area contributed by atoms with Gasteiger partial charge < -0.3 is 1.43 Å². The average molecular weight is 172 g/mol. The minimum Gasteiger partial charge on any atom is -1.00 e. The fourth-order valence-electron chi connectivity index (χ4n) is 0.633. The molecule has 0 unspecified atom stereocenters. The van der Waals surface area contributed by atoms with Gasteiger partial charge in [0.25, 0.3) is 0 Å². The molecule has 0 heterocycles. The molecule has 1 aliphatic carbocycles. The smallest absolute Gasteiger partial charge is 1.00 e. The van der Waals surface area contributed by atoms with Crippen molar-refractivity contribution < 1.29 is 24.7 Å². The van der Waals surface area contributed by atoms with Crippen LogP contribution in [0.1, 0.15) is 7.85 Å². The molecule has 0 fully saturated rings. The number of rotatable bonds is 1. The summed E-state index contributed by atoms with van der Waals surface area (Å²) in [7, 11) is 0. The van der Waals surface area contributed by atoms with Gasteiger partial charge in [-0.25, -0.2) is 0 Å². The van der Waals surface area contributed by atoms with Crippen LogP contribution in [0.3, 0.4) is 0 Å². The van der Waals surface area contributed by atoms with Crippen LogP contribution >= 0.6 is 0 Å². The molecule has 0 saturated heterocycles. The molecule has 0 nitrogen and oxygen atoms in total. The van der Waals surface area contributed by atoms with Crippen molar-refractivity contribution in [2.45, 2.75) is 11.1 Å². The largest absolute Gasteiger partial charge is 1.00 e. The molecular formula is C6H9Zr-. The van der Waals surface area contributed by atoms with Gasteiger partial charge in [-0.3, -0.25) is 0 Å². The first-order valence-electron chi connectivity index (χ1n) is 2.47. The molecule has 0 amide bonds. The predicted molar refractivity (Wildman–Crippen MR) is 28.8 cm³/mol. The van der Waals surface area contributed by atoms with E-state index in [0.29, 0.717) is 0 Å². The summed E-state index contributed by atoms with van der Waals surface area (Å²) in [6.07, 6.45) is 7.94. The van der Waals surface area contributed by atoms with Gasteiger partial charge in [0.2, 0.25) is 0 Å². The molecule has 0 aromatic rings. The standard InChI is InChI=1S/C5H5.CH3.Zr.H/c1-2-4-5-3-1;;;/h1-3H,4H2;1H3;;/q;;;-1. The van der Waals surface area contributed by atoms with E-state index in [1.54, 1.807) is 3.28 Å². The second-order valence-corrected chi connectivity index (χ2v) is 4.38. The zero-order valence-electron chi connectivity index (χ0n) is 5.44. The molecule has 1 heteroatoms. The molecule has 0 aromatic carbocycles. The molecule has 0 aliphatic heterocycles. The summed E-state index contributed by atoms with van der Waals surface area (Å²) < 4.78 is 4.09. The van der Waals surface area contributed by atoms with Crippen LogP contribution in [0.2, 0.25) is 4.63 Å². The summed E-state index contributed by atoms with van der Waals surface area (Å²) in [5.74, 6) is 0. The van der Waals surface area contributed by atoms with E-state index in [4.69, 9.17) is 0 Å². The predicted octanol–water partition coefficient (Wildman–Crippen LogP) is 2.07. The summed E-state index contributed by atoms with van der Waals surface area (Å²) in [5, 5.41) is 0. The van der Waals surface area contributed by atoms with Gasteiger partial charge in [-0.1, -0.05) is 0 Å². The van der Waals surface area contributed by atoms with E-state index in [-0.39, 0.29) is 24.7 Å². The van der Waals surface area contributed by atoms with Gasteiger partial charge in [0, 0.05) is 0 Å².